The van der Waals surface area contributed by atoms with E-state index in [0.717, 1.165) is 6.92 Å². The van der Waals surface area contributed by atoms with Crippen LogP contribution in [-0.4, -0.2) is 111 Å². The number of esters is 4. The molecule has 3 aromatic rings. The molecule has 2 fully saturated rings. The minimum absolute atomic E-state index is 0.0872. The molecule has 1 saturated carbocycles. The minimum atomic E-state index is -2.19. The van der Waals surface area contributed by atoms with Crippen LogP contribution in [0.25, 0.3) is 0 Å². The number of carbonyl (C=O) groups excluding carboxylic acids is 5. The van der Waals surface area contributed by atoms with Gasteiger partial charge in [0.25, 0.3) is 5.91 Å². The van der Waals surface area contributed by atoms with E-state index in [2.05, 4.69) is 5.32 Å². The Morgan fingerprint density at radius 3 is 1.90 bits per heavy atom. The van der Waals surface area contributed by atoms with Gasteiger partial charge in [-0.1, -0.05) is 87.5 Å². The van der Waals surface area contributed by atoms with Crippen LogP contribution >= 0.6 is 0 Å². The summed E-state index contributed by atoms with van der Waals surface area (Å²) in [6, 6.07) is 23.3. The summed E-state index contributed by atoms with van der Waals surface area (Å²) >= 11 is 0. The number of rotatable bonds is 13. The van der Waals surface area contributed by atoms with Crippen molar-refractivity contribution in [1.82, 2.24) is 5.32 Å². The Morgan fingerprint density at radius 2 is 1.35 bits per heavy atom. The number of nitrogens with one attached hydrogen (secondary N) is 1. The lowest BCUT2D eigenvalue weighted by Crippen LogP contribution is -2.68. The molecule has 1 aliphatic heterocycles. The molecule has 15 nitrogen and oxygen atoms in total. The molecule has 1 amide bonds. The third-order valence-corrected chi connectivity index (χ3v) is 12.8. The Balaban J connectivity index is 1.42. The monoisotopic (exact) mass is 857 g/mol. The van der Waals surface area contributed by atoms with Crippen molar-refractivity contribution in [3.05, 3.63) is 119 Å². The Labute approximate surface area is 360 Å². The molecule has 3 aromatic carbocycles. The van der Waals surface area contributed by atoms with Gasteiger partial charge in [-0.3, -0.25) is 14.4 Å². The van der Waals surface area contributed by atoms with E-state index in [0.29, 0.717) is 5.56 Å². The van der Waals surface area contributed by atoms with Crippen molar-refractivity contribution in [3.8, 4) is 0 Å². The number of benzene rings is 3. The second kappa shape index (κ2) is 18.5. The van der Waals surface area contributed by atoms with Gasteiger partial charge in [0.15, 0.2) is 18.3 Å². The molecular formula is C47H55NO14. The zero-order chi connectivity index (χ0) is 45.1. The van der Waals surface area contributed by atoms with Crippen LogP contribution in [0.15, 0.2) is 102 Å². The van der Waals surface area contributed by atoms with Crippen molar-refractivity contribution in [1.29, 1.82) is 0 Å². The first-order chi connectivity index (χ1) is 29.3. The number of amides is 1. The van der Waals surface area contributed by atoms with Crippen molar-refractivity contribution < 1.29 is 68.1 Å². The topological polar surface area (TPSA) is 224 Å². The Bertz CT molecular complexity index is 2140. The molecule has 1 saturated heterocycles. The van der Waals surface area contributed by atoms with Crippen LogP contribution in [0.4, 0.5) is 0 Å². The van der Waals surface area contributed by atoms with E-state index in [1.165, 1.54) is 26.0 Å². The van der Waals surface area contributed by atoms with Gasteiger partial charge in [0.2, 0.25) is 0 Å². The van der Waals surface area contributed by atoms with Gasteiger partial charge in [0.1, 0.15) is 23.9 Å². The summed E-state index contributed by atoms with van der Waals surface area (Å²) in [6.45, 7) is 8.80. The second-order valence-electron chi connectivity index (χ2n) is 17.2. The van der Waals surface area contributed by atoms with Crippen molar-refractivity contribution >= 4 is 29.8 Å². The van der Waals surface area contributed by atoms with Gasteiger partial charge in [0.05, 0.1) is 30.4 Å². The fourth-order valence-corrected chi connectivity index (χ4v) is 9.08. The van der Waals surface area contributed by atoms with Gasteiger partial charge in [-0.2, -0.15) is 0 Å². The van der Waals surface area contributed by atoms with Crippen LogP contribution in [0.1, 0.15) is 93.1 Å². The maximum Gasteiger partial charge on any atom is 0.338 e. The standard InChI is InChI=1S/C47H55NO14/c1-26-33(61-44(56)39(52)38(29-16-10-7-11-17-29)48-42(54)30-18-12-8-13-19-30)23-47(57)36(62-43(55)31-20-14-9-15-21-31)24-46(6,35(51)22-32-34(25-58-32)59-27(2)49)41(53)40(60-28(3)50)37(26)45(47,4)5/h7-21,32-36,38-41,51-53,57H,22-25H2,1-6H3,(H,48,54)/t32-,33+,34+,35+,36+,38+,39-,40+,41+,46+,47-/m1/s1. The van der Waals surface area contributed by atoms with Gasteiger partial charge in [-0.05, 0) is 54.3 Å². The normalized spacial score (nSPS) is 29.3. The lowest BCUT2D eigenvalue weighted by Gasteiger charge is -2.59. The zero-order valence-corrected chi connectivity index (χ0v) is 35.6. The number of fused-ring (bicyclic) bond motifs is 2. The van der Waals surface area contributed by atoms with E-state index >= 15 is 0 Å². The molecule has 5 N–H and O–H groups in total. The Morgan fingerprint density at radius 1 is 0.790 bits per heavy atom. The van der Waals surface area contributed by atoms with Crippen molar-refractivity contribution in [2.75, 3.05) is 6.61 Å². The number of aliphatic hydroxyl groups excluding tert-OH is 3. The summed E-state index contributed by atoms with van der Waals surface area (Å²) in [4.78, 5) is 66.2. The smallest absolute Gasteiger partial charge is 0.338 e. The van der Waals surface area contributed by atoms with Gasteiger partial charge < -0.3 is 49.4 Å². The fraction of sp³-hybridized carbons (Fsp3) is 0.468. The zero-order valence-electron chi connectivity index (χ0n) is 35.6. The summed E-state index contributed by atoms with van der Waals surface area (Å²) in [6.07, 6.45) is -12.2. The van der Waals surface area contributed by atoms with Crippen LogP contribution in [0.5, 0.6) is 0 Å². The quantitative estimate of drug-likeness (QED) is 0.0934. The maximum atomic E-state index is 14.2. The molecular weight excluding hydrogens is 803 g/mol. The molecule has 11 atom stereocenters. The van der Waals surface area contributed by atoms with Crippen molar-refractivity contribution in [2.24, 2.45) is 10.8 Å². The Kier molecular flexibility index (Phi) is 13.7. The van der Waals surface area contributed by atoms with Crippen LogP contribution < -0.4 is 5.32 Å². The molecule has 6 rings (SSSR count). The molecule has 0 radical (unpaired) electrons. The van der Waals surface area contributed by atoms with E-state index in [1.807, 2.05) is 0 Å². The summed E-state index contributed by atoms with van der Waals surface area (Å²) in [5, 5.41) is 52.4. The first-order valence-electron chi connectivity index (χ1n) is 20.6. The molecule has 332 valence electrons. The number of hydrogen-bond donors (Lipinski definition) is 5. The third-order valence-electron chi connectivity index (χ3n) is 12.8. The lowest BCUT2D eigenvalue weighted by atomic mass is 9.52. The van der Waals surface area contributed by atoms with Crippen LogP contribution in [0.2, 0.25) is 0 Å². The summed E-state index contributed by atoms with van der Waals surface area (Å²) in [5.74, 6) is -3.95. The predicted molar refractivity (Wildman–Crippen MR) is 221 cm³/mol. The van der Waals surface area contributed by atoms with Gasteiger partial charge >= 0.3 is 23.9 Å². The van der Waals surface area contributed by atoms with Crippen LogP contribution in [-0.2, 0) is 38.1 Å². The first-order valence-corrected chi connectivity index (χ1v) is 20.6. The molecule has 0 spiro atoms. The first kappa shape index (κ1) is 46.1. The average molecular weight is 858 g/mol. The predicted octanol–water partition coefficient (Wildman–Crippen LogP) is 3.92. The number of hydrogen-bond acceptors (Lipinski definition) is 14. The van der Waals surface area contributed by atoms with E-state index in [4.69, 9.17) is 23.7 Å². The molecule has 2 aliphatic carbocycles. The van der Waals surface area contributed by atoms with Gasteiger partial charge in [0, 0.05) is 43.1 Å². The highest BCUT2D eigenvalue weighted by molar-refractivity contribution is 5.95. The summed E-state index contributed by atoms with van der Waals surface area (Å²) in [5.41, 5.74) is -4.23. The minimum Gasteiger partial charge on any atom is -0.457 e. The average Bonchev–Trinajstić information content (AvgIpc) is 3.24. The summed E-state index contributed by atoms with van der Waals surface area (Å²) < 4.78 is 29.1. The maximum absolute atomic E-state index is 14.2. The second-order valence-corrected chi connectivity index (χ2v) is 17.2. The highest BCUT2D eigenvalue weighted by Crippen LogP contribution is 2.58. The fourth-order valence-electron chi connectivity index (χ4n) is 9.08. The number of carbonyl (C=O) groups is 5. The lowest BCUT2D eigenvalue weighted by molar-refractivity contribution is -0.232. The van der Waals surface area contributed by atoms with E-state index < -0.39 is 114 Å². The molecule has 62 heavy (non-hydrogen) atoms. The molecule has 2 bridgehead atoms. The highest BCUT2D eigenvalue weighted by atomic mass is 16.6. The molecule has 1 heterocycles. The SMILES string of the molecule is CC(=O)O[C@H]1CO[C@@H]1C[C@H](O)[C@]1(C)C[C@H](OC(=O)c2ccccc2)[C@]2(O)C[C@H](OC(=O)[C@H](O)[C@@H](NC(=O)c3ccccc3)c3ccccc3)C(C)=C([C@H](OC(C)=O)[C@@H]1O)C2(C)C. The van der Waals surface area contributed by atoms with Crippen molar-refractivity contribution in [3.63, 3.8) is 0 Å². The van der Waals surface area contributed by atoms with E-state index in [9.17, 15) is 44.4 Å². The van der Waals surface area contributed by atoms with E-state index in [-0.39, 0.29) is 35.3 Å². The Hall–Kier alpha value is -5.45. The largest absolute Gasteiger partial charge is 0.457 e. The summed E-state index contributed by atoms with van der Waals surface area (Å²) in [7, 11) is 0. The highest BCUT2D eigenvalue weighted by Gasteiger charge is 2.66. The van der Waals surface area contributed by atoms with Gasteiger partial charge in [-0.15, -0.1) is 0 Å². The van der Waals surface area contributed by atoms with Crippen LogP contribution in [0.3, 0.4) is 0 Å². The molecule has 0 aromatic heterocycles. The van der Waals surface area contributed by atoms with E-state index in [1.54, 1.807) is 99.6 Å². The third kappa shape index (κ3) is 9.18. The molecule has 0 unspecified atom stereocenters. The number of ether oxygens (including phenoxy) is 5. The van der Waals surface area contributed by atoms with Gasteiger partial charge in [-0.25, -0.2) is 9.59 Å². The van der Waals surface area contributed by atoms with Crippen molar-refractivity contribution in [2.45, 2.75) is 121 Å². The molecule has 15 heteroatoms. The van der Waals surface area contributed by atoms with Crippen LogP contribution in [0, 0.1) is 10.8 Å². The molecule has 3 aliphatic rings. The number of aliphatic hydroxyl groups is 4.